The van der Waals surface area contributed by atoms with Gasteiger partial charge in [-0.1, -0.05) is 44.2 Å². The maximum atomic E-state index is 2.63. The molecule has 0 amide bonds. The van der Waals surface area contributed by atoms with E-state index in [1.807, 2.05) is 0 Å². The molecule has 1 aromatic carbocycles. The zero-order valence-electron chi connectivity index (χ0n) is 11.4. The van der Waals surface area contributed by atoms with Gasteiger partial charge in [-0.2, -0.15) is 0 Å². The van der Waals surface area contributed by atoms with Crippen molar-refractivity contribution in [3.63, 3.8) is 0 Å². The standard InChI is InChI=1S/C16H25N/c1-13(2)15-9-11-17(12-10-15)14(3)16-7-5-4-6-8-16/h4-8,13-15H,9-12H2,1-3H3/t14-/m1/s1. The molecular formula is C16H25N. The number of piperidine rings is 1. The third-order valence-corrected chi connectivity index (χ3v) is 4.35. The van der Waals surface area contributed by atoms with Crippen molar-refractivity contribution < 1.29 is 0 Å². The van der Waals surface area contributed by atoms with Gasteiger partial charge in [0.05, 0.1) is 0 Å². The van der Waals surface area contributed by atoms with E-state index < -0.39 is 0 Å². The van der Waals surface area contributed by atoms with E-state index in [4.69, 9.17) is 0 Å². The summed E-state index contributed by atoms with van der Waals surface area (Å²) in [7, 11) is 0. The number of benzene rings is 1. The number of hydrogen-bond acceptors (Lipinski definition) is 1. The average Bonchev–Trinajstić information content (AvgIpc) is 2.39. The maximum absolute atomic E-state index is 2.63. The van der Waals surface area contributed by atoms with Gasteiger partial charge in [0.2, 0.25) is 0 Å². The highest BCUT2D eigenvalue weighted by molar-refractivity contribution is 5.18. The van der Waals surface area contributed by atoms with E-state index in [1.165, 1.54) is 31.5 Å². The van der Waals surface area contributed by atoms with Gasteiger partial charge in [-0.3, -0.25) is 4.90 Å². The average molecular weight is 231 g/mol. The van der Waals surface area contributed by atoms with Gasteiger partial charge in [-0.25, -0.2) is 0 Å². The van der Waals surface area contributed by atoms with Crippen molar-refractivity contribution in [1.82, 2.24) is 4.90 Å². The molecular weight excluding hydrogens is 206 g/mol. The third kappa shape index (κ3) is 3.10. The van der Waals surface area contributed by atoms with Crippen LogP contribution in [0, 0.1) is 11.8 Å². The van der Waals surface area contributed by atoms with Crippen molar-refractivity contribution in [2.45, 2.75) is 39.7 Å². The Balaban J connectivity index is 1.93. The van der Waals surface area contributed by atoms with Crippen LogP contribution in [0.4, 0.5) is 0 Å². The van der Waals surface area contributed by atoms with Crippen LogP contribution in [-0.4, -0.2) is 18.0 Å². The quantitative estimate of drug-likeness (QED) is 0.756. The Morgan fingerprint density at radius 3 is 2.12 bits per heavy atom. The second-order valence-corrected chi connectivity index (χ2v) is 5.70. The first-order valence-electron chi connectivity index (χ1n) is 6.97. The summed E-state index contributed by atoms with van der Waals surface area (Å²) >= 11 is 0. The molecule has 2 rings (SSSR count). The highest BCUT2D eigenvalue weighted by Gasteiger charge is 2.24. The predicted octanol–water partition coefficient (Wildman–Crippen LogP) is 4.12. The maximum Gasteiger partial charge on any atom is 0.0319 e. The molecule has 1 nitrogen and oxygen atoms in total. The lowest BCUT2D eigenvalue weighted by molar-refractivity contribution is 0.122. The Hall–Kier alpha value is -0.820. The van der Waals surface area contributed by atoms with Crippen LogP contribution in [-0.2, 0) is 0 Å². The highest BCUT2D eigenvalue weighted by Crippen LogP contribution is 2.29. The van der Waals surface area contributed by atoms with Crippen molar-refractivity contribution >= 4 is 0 Å². The lowest BCUT2D eigenvalue weighted by Gasteiger charge is -2.37. The molecule has 1 fully saturated rings. The van der Waals surface area contributed by atoms with Crippen LogP contribution >= 0.6 is 0 Å². The third-order valence-electron chi connectivity index (χ3n) is 4.35. The van der Waals surface area contributed by atoms with Crippen molar-refractivity contribution in [1.29, 1.82) is 0 Å². The van der Waals surface area contributed by atoms with E-state index in [-0.39, 0.29) is 0 Å². The molecule has 1 heterocycles. The van der Waals surface area contributed by atoms with E-state index in [0.717, 1.165) is 11.8 Å². The molecule has 0 aromatic heterocycles. The molecule has 17 heavy (non-hydrogen) atoms. The lowest BCUT2D eigenvalue weighted by Crippen LogP contribution is -2.36. The number of hydrogen-bond donors (Lipinski definition) is 0. The van der Waals surface area contributed by atoms with Gasteiger partial charge in [0.15, 0.2) is 0 Å². The fourth-order valence-electron chi connectivity index (χ4n) is 2.92. The van der Waals surface area contributed by atoms with Crippen molar-refractivity contribution in [2.75, 3.05) is 13.1 Å². The molecule has 0 spiro atoms. The highest BCUT2D eigenvalue weighted by atomic mass is 15.2. The topological polar surface area (TPSA) is 3.24 Å². The Morgan fingerprint density at radius 2 is 1.59 bits per heavy atom. The summed E-state index contributed by atoms with van der Waals surface area (Å²) in [6.45, 7) is 9.59. The Morgan fingerprint density at radius 1 is 1.00 bits per heavy atom. The fourth-order valence-corrected chi connectivity index (χ4v) is 2.92. The largest absolute Gasteiger partial charge is 0.297 e. The normalized spacial score (nSPS) is 20.7. The smallest absolute Gasteiger partial charge is 0.0319 e. The molecule has 1 saturated heterocycles. The van der Waals surface area contributed by atoms with Crippen molar-refractivity contribution in [2.24, 2.45) is 11.8 Å². The first-order chi connectivity index (χ1) is 8.18. The molecule has 1 atom stereocenters. The molecule has 94 valence electrons. The Bertz CT molecular complexity index is 323. The zero-order chi connectivity index (χ0) is 12.3. The molecule has 0 bridgehead atoms. The Labute approximate surface area is 106 Å². The number of likely N-dealkylation sites (tertiary alicyclic amines) is 1. The van der Waals surface area contributed by atoms with Crippen LogP contribution in [0.1, 0.15) is 45.2 Å². The summed E-state index contributed by atoms with van der Waals surface area (Å²) in [6.07, 6.45) is 2.74. The van der Waals surface area contributed by atoms with Gasteiger partial charge in [0, 0.05) is 6.04 Å². The molecule has 0 unspecified atom stereocenters. The van der Waals surface area contributed by atoms with Crippen LogP contribution < -0.4 is 0 Å². The minimum atomic E-state index is 0.573. The molecule has 0 saturated carbocycles. The lowest BCUT2D eigenvalue weighted by atomic mass is 9.86. The van der Waals surface area contributed by atoms with Crippen LogP contribution in [0.5, 0.6) is 0 Å². The van der Waals surface area contributed by atoms with Gasteiger partial charge in [0.25, 0.3) is 0 Å². The van der Waals surface area contributed by atoms with Gasteiger partial charge < -0.3 is 0 Å². The van der Waals surface area contributed by atoms with Crippen molar-refractivity contribution in [3.05, 3.63) is 35.9 Å². The predicted molar refractivity (Wildman–Crippen MR) is 74.0 cm³/mol. The molecule has 0 N–H and O–H groups in total. The summed E-state index contributed by atoms with van der Waals surface area (Å²) in [4.78, 5) is 2.63. The minimum Gasteiger partial charge on any atom is -0.297 e. The van der Waals surface area contributed by atoms with E-state index in [1.54, 1.807) is 0 Å². The van der Waals surface area contributed by atoms with Gasteiger partial charge in [-0.05, 0) is 50.3 Å². The van der Waals surface area contributed by atoms with Gasteiger partial charge in [0.1, 0.15) is 0 Å². The second-order valence-electron chi connectivity index (χ2n) is 5.70. The molecule has 1 aromatic rings. The Kier molecular flexibility index (Phi) is 4.22. The van der Waals surface area contributed by atoms with E-state index in [2.05, 4.69) is 56.0 Å². The molecule has 1 heteroatoms. The minimum absolute atomic E-state index is 0.573. The van der Waals surface area contributed by atoms with Crippen LogP contribution in [0.25, 0.3) is 0 Å². The monoisotopic (exact) mass is 231 g/mol. The van der Waals surface area contributed by atoms with Gasteiger partial charge >= 0.3 is 0 Å². The molecule has 1 aliphatic heterocycles. The first-order valence-corrected chi connectivity index (χ1v) is 6.97. The summed E-state index contributed by atoms with van der Waals surface area (Å²) in [5.74, 6) is 1.79. The summed E-state index contributed by atoms with van der Waals surface area (Å²) in [5, 5.41) is 0. The van der Waals surface area contributed by atoms with E-state index >= 15 is 0 Å². The van der Waals surface area contributed by atoms with Gasteiger partial charge in [-0.15, -0.1) is 0 Å². The first kappa shape index (κ1) is 12.6. The van der Waals surface area contributed by atoms with Crippen LogP contribution in [0.3, 0.4) is 0 Å². The SMILES string of the molecule is CC(C)C1CCN([C@H](C)c2ccccc2)CC1. The molecule has 1 aliphatic rings. The molecule has 0 radical (unpaired) electrons. The second kappa shape index (κ2) is 5.68. The van der Waals surface area contributed by atoms with E-state index in [0.29, 0.717) is 6.04 Å². The van der Waals surface area contributed by atoms with Crippen LogP contribution in [0.2, 0.25) is 0 Å². The summed E-state index contributed by atoms with van der Waals surface area (Å²) in [6, 6.07) is 11.5. The van der Waals surface area contributed by atoms with Crippen LogP contribution in [0.15, 0.2) is 30.3 Å². The molecule has 0 aliphatic carbocycles. The van der Waals surface area contributed by atoms with Crippen molar-refractivity contribution in [3.8, 4) is 0 Å². The van der Waals surface area contributed by atoms with E-state index in [9.17, 15) is 0 Å². The fraction of sp³-hybridized carbons (Fsp3) is 0.625. The summed E-state index contributed by atoms with van der Waals surface area (Å²) < 4.78 is 0. The number of nitrogens with zero attached hydrogens (tertiary/aromatic N) is 1. The number of rotatable bonds is 3. The zero-order valence-corrected chi connectivity index (χ0v) is 11.4. The summed E-state index contributed by atoms with van der Waals surface area (Å²) in [5.41, 5.74) is 1.45.